The first-order chi connectivity index (χ1) is 18.2. The molecule has 190 valence electrons. The molecule has 2 N–H and O–H groups in total. The van der Waals surface area contributed by atoms with Crippen LogP contribution in [0.2, 0.25) is 0 Å². The summed E-state index contributed by atoms with van der Waals surface area (Å²) >= 11 is 0. The van der Waals surface area contributed by atoms with Crippen LogP contribution < -0.4 is 19.9 Å². The Hall–Kier alpha value is -4.29. The second-order valence-electron chi connectivity index (χ2n) is 8.54. The minimum atomic E-state index is -0.142. The van der Waals surface area contributed by atoms with Gasteiger partial charge in [0.25, 0.3) is 5.91 Å². The Bertz CT molecular complexity index is 1280. The topological polar surface area (TPSA) is 74.0 Å². The maximum atomic E-state index is 13.5. The molecule has 0 bridgehead atoms. The number of hydrogen-bond donors (Lipinski definition) is 1. The molecule has 0 saturated heterocycles. The molecule has 0 aliphatic rings. The number of rotatable bonds is 12. The van der Waals surface area contributed by atoms with E-state index >= 15 is 0 Å². The van der Waals surface area contributed by atoms with Crippen molar-refractivity contribution < 1.29 is 19.0 Å². The Morgan fingerprint density at radius 2 is 1.32 bits per heavy atom. The number of nitrogens with zero attached hydrogens (tertiary/aromatic N) is 1. The molecule has 0 saturated carbocycles. The third kappa shape index (κ3) is 7.12. The largest absolute Gasteiger partial charge is 0.493 e. The number of benzene rings is 4. The zero-order valence-corrected chi connectivity index (χ0v) is 21.0. The lowest BCUT2D eigenvalue weighted by atomic mass is 10.1. The van der Waals surface area contributed by atoms with Crippen LogP contribution in [-0.2, 0) is 19.8 Å². The van der Waals surface area contributed by atoms with Gasteiger partial charge in [-0.2, -0.15) is 0 Å². The fourth-order valence-electron chi connectivity index (χ4n) is 3.96. The Morgan fingerprint density at radius 3 is 1.95 bits per heavy atom. The molecule has 1 amide bonds. The van der Waals surface area contributed by atoms with Crippen molar-refractivity contribution in [3.8, 4) is 17.2 Å². The highest BCUT2D eigenvalue weighted by atomic mass is 16.5. The van der Waals surface area contributed by atoms with Crippen molar-refractivity contribution in [1.29, 1.82) is 0 Å². The summed E-state index contributed by atoms with van der Waals surface area (Å²) in [6.07, 6.45) is 0. The van der Waals surface area contributed by atoms with Gasteiger partial charge >= 0.3 is 0 Å². The van der Waals surface area contributed by atoms with E-state index in [1.54, 1.807) is 30.2 Å². The summed E-state index contributed by atoms with van der Waals surface area (Å²) in [5.41, 5.74) is 9.41. The van der Waals surface area contributed by atoms with Gasteiger partial charge in [0.15, 0.2) is 11.5 Å². The third-order valence-corrected chi connectivity index (χ3v) is 5.90. The van der Waals surface area contributed by atoms with Gasteiger partial charge in [-0.25, -0.2) is 0 Å². The van der Waals surface area contributed by atoms with Crippen molar-refractivity contribution in [3.63, 3.8) is 0 Å². The zero-order chi connectivity index (χ0) is 25.9. The van der Waals surface area contributed by atoms with E-state index in [1.165, 1.54) is 0 Å². The van der Waals surface area contributed by atoms with Crippen molar-refractivity contribution in [2.45, 2.75) is 19.8 Å². The van der Waals surface area contributed by atoms with Crippen LogP contribution in [0.1, 0.15) is 27.0 Å². The Balaban J connectivity index is 1.48. The number of ether oxygens (including phenoxy) is 3. The van der Waals surface area contributed by atoms with Crippen molar-refractivity contribution >= 4 is 5.91 Å². The molecule has 0 atom stereocenters. The maximum Gasteiger partial charge on any atom is 0.254 e. The van der Waals surface area contributed by atoms with Gasteiger partial charge in [0.1, 0.15) is 19.0 Å². The molecule has 0 heterocycles. The van der Waals surface area contributed by atoms with Gasteiger partial charge in [0.2, 0.25) is 0 Å². The van der Waals surface area contributed by atoms with Crippen molar-refractivity contribution in [2.24, 2.45) is 5.73 Å². The van der Waals surface area contributed by atoms with Gasteiger partial charge in [0, 0.05) is 30.8 Å². The van der Waals surface area contributed by atoms with Crippen LogP contribution >= 0.6 is 0 Å². The highest BCUT2D eigenvalue weighted by Crippen LogP contribution is 2.30. The number of para-hydroxylation sites is 1. The maximum absolute atomic E-state index is 13.5. The summed E-state index contributed by atoms with van der Waals surface area (Å²) in [7, 11) is 1.57. The van der Waals surface area contributed by atoms with E-state index in [2.05, 4.69) is 0 Å². The first kappa shape index (κ1) is 25.8. The van der Waals surface area contributed by atoms with Crippen molar-refractivity contribution in [1.82, 2.24) is 4.90 Å². The second kappa shape index (κ2) is 13.1. The number of carbonyl (C=O) groups excluding carboxylic acids is 1. The minimum Gasteiger partial charge on any atom is -0.493 e. The summed E-state index contributed by atoms with van der Waals surface area (Å²) in [5.74, 6) is 1.67. The molecule has 0 aliphatic carbocycles. The number of hydrogen-bond acceptors (Lipinski definition) is 5. The molecule has 6 nitrogen and oxygen atoms in total. The lowest BCUT2D eigenvalue weighted by molar-refractivity contribution is 0.0746. The number of methoxy groups -OCH3 is 1. The third-order valence-electron chi connectivity index (χ3n) is 5.90. The van der Waals surface area contributed by atoms with Crippen LogP contribution in [0.15, 0.2) is 103 Å². The van der Waals surface area contributed by atoms with E-state index in [4.69, 9.17) is 19.9 Å². The average Bonchev–Trinajstić information content (AvgIpc) is 2.96. The molecule has 0 aromatic heterocycles. The van der Waals surface area contributed by atoms with Gasteiger partial charge in [-0.15, -0.1) is 0 Å². The van der Waals surface area contributed by atoms with Crippen LogP contribution in [0.3, 0.4) is 0 Å². The van der Waals surface area contributed by atoms with Gasteiger partial charge in [-0.1, -0.05) is 78.9 Å². The van der Waals surface area contributed by atoms with Crippen LogP contribution in [0.25, 0.3) is 0 Å². The van der Waals surface area contributed by atoms with Crippen LogP contribution in [-0.4, -0.2) is 31.0 Å². The molecule has 37 heavy (non-hydrogen) atoms. The summed E-state index contributed by atoms with van der Waals surface area (Å²) in [6.45, 7) is 1.97. The SMILES string of the molecule is COc1cc(C(=O)N(CCN)Cc2ccccc2OCc2ccccc2)ccc1OCc1ccccc1. The van der Waals surface area contributed by atoms with Crippen molar-refractivity contribution in [2.75, 3.05) is 20.2 Å². The predicted octanol–water partition coefficient (Wildman–Crippen LogP) is 5.45. The lowest BCUT2D eigenvalue weighted by Gasteiger charge is -2.24. The van der Waals surface area contributed by atoms with E-state index in [1.807, 2.05) is 84.9 Å². The quantitative estimate of drug-likeness (QED) is 0.282. The fourth-order valence-corrected chi connectivity index (χ4v) is 3.96. The Morgan fingerprint density at radius 1 is 0.730 bits per heavy atom. The molecular formula is C31H32N2O4. The molecule has 0 unspecified atom stereocenters. The summed E-state index contributed by atoms with van der Waals surface area (Å²) in [4.78, 5) is 15.2. The van der Waals surface area contributed by atoms with Crippen LogP contribution in [0.4, 0.5) is 0 Å². The number of carbonyl (C=O) groups is 1. The van der Waals surface area contributed by atoms with Gasteiger partial charge in [-0.3, -0.25) is 4.79 Å². The molecule has 4 rings (SSSR count). The smallest absolute Gasteiger partial charge is 0.254 e. The molecule has 6 heteroatoms. The Kier molecular flexibility index (Phi) is 9.16. The molecule has 0 spiro atoms. The van der Waals surface area contributed by atoms with E-state index in [9.17, 15) is 4.79 Å². The monoisotopic (exact) mass is 496 g/mol. The summed E-state index contributed by atoms with van der Waals surface area (Å²) in [6, 6.07) is 32.9. The fraction of sp³-hybridized carbons (Fsp3) is 0.194. The molecular weight excluding hydrogens is 464 g/mol. The van der Waals surface area contributed by atoms with E-state index in [-0.39, 0.29) is 5.91 Å². The summed E-state index contributed by atoms with van der Waals surface area (Å²) in [5, 5.41) is 0. The molecule has 4 aromatic rings. The second-order valence-corrected chi connectivity index (χ2v) is 8.54. The number of nitrogens with two attached hydrogens (primary N) is 1. The van der Waals surface area contributed by atoms with Crippen molar-refractivity contribution in [3.05, 3.63) is 125 Å². The summed E-state index contributed by atoms with van der Waals surface area (Å²) < 4.78 is 17.6. The van der Waals surface area contributed by atoms with Gasteiger partial charge in [0.05, 0.1) is 7.11 Å². The standard InChI is InChI=1S/C31H32N2O4/c1-35-30-20-26(16-17-29(30)37-23-25-12-6-3-7-13-25)31(34)33(19-18-32)21-27-14-8-9-15-28(27)36-22-24-10-4-2-5-11-24/h2-17,20H,18-19,21-23,32H2,1H3. The van der Waals surface area contributed by atoms with Gasteiger partial charge < -0.3 is 24.8 Å². The normalized spacial score (nSPS) is 10.5. The Labute approximate surface area is 218 Å². The first-order valence-corrected chi connectivity index (χ1v) is 12.3. The molecule has 0 fully saturated rings. The van der Waals surface area contributed by atoms with Crippen LogP contribution in [0, 0.1) is 0 Å². The van der Waals surface area contributed by atoms with Crippen LogP contribution in [0.5, 0.6) is 17.2 Å². The zero-order valence-electron chi connectivity index (χ0n) is 21.0. The minimum absolute atomic E-state index is 0.142. The molecule has 0 radical (unpaired) electrons. The van der Waals surface area contributed by atoms with E-state index in [0.29, 0.717) is 49.9 Å². The lowest BCUT2D eigenvalue weighted by Crippen LogP contribution is -2.35. The predicted molar refractivity (Wildman–Crippen MR) is 145 cm³/mol. The van der Waals surface area contributed by atoms with Gasteiger partial charge in [-0.05, 0) is 35.4 Å². The molecule has 4 aromatic carbocycles. The molecule has 0 aliphatic heterocycles. The highest BCUT2D eigenvalue weighted by Gasteiger charge is 2.19. The van der Waals surface area contributed by atoms with E-state index < -0.39 is 0 Å². The number of amides is 1. The first-order valence-electron chi connectivity index (χ1n) is 12.3. The average molecular weight is 497 g/mol. The van der Waals surface area contributed by atoms with E-state index in [0.717, 1.165) is 22.4 Å². The highest BCUT2D eigenvalue weighted by molar-refractivity contribution is 5.95.